The van der Waals surface area contributed by atoms with Crippen molar-refractivity contribution in [2.75, 3.05) is 7.05 Å². The highest BCUT2D eigenvalue weighted by Crippen LogP contribution is 2.30. The van der Waals surface area contributed by atoms with Crippen molar-refractivity contribution in [3.63, 3.8) is 0 Å². The van der Waals surface area contributed by atoms with E-state index in [1.165, 1.54) is 6.07 Å². The van der Waals surface area contributed by atoms with Crippen LogP contribution in [0.1, 0.15) is 11.3 Å². The molecule has 0 aliphatic rings. The first kappa shape index (κ1) is 17.5. The lowest BCUT2D eigenvalue weighted by atomic mass is 10.1. The van der Waals surface area contributed by atoms with E-state index in [1.807, 2.05) is 47.7 Å². The van der Waals surface area contributed by atoms with Gasteiger partial charge in [0.2, 0.25) is 0 Å². The topological polar surface area (TPSA) is 59.3 Å². The maximum Gasteiger partial charge on any atom is 0.273 e. The fourth-order valence-electron chi connectivity index (χ4n) is 2.58. The van der Waals surface area contributed by atoms with Crippen LogP contribution < -0.4 is 0 Å². The molecular formula is C18H16ClN3O2S. The van der Waals surface area contributed by atoms with Gasteiger partial charge in [0.25, 0.3) is 5.69 Å². The lowest BCUT2D eigenvalue weighted by Gasteiger charge is -2.15. The maximum absolute atomic E-state index is 11.1. The average molecular weight is 374 g/mol. The van der Waals surface area contributed by atoms with Gasteiger partial charge < -0.3 is 0 Å². The van der Waals surface area contributed by atoms with Crippen LogP contribution in [-0.4, -0.2) is 21.9 Å². The lowest BCUT2D eigenvalue weighted by molar-refractivity contribution is -0.385. The molecule has 0 radical (unpaired) electrons. The molecule has 3 aromatic rings. The molecule has 3 rings (SSSR count). The molecule has 1 heterocycles. The van der Waals surface area contributed by atoms with Crippen LogP contribution in [0.3, 0.4) is 0 Å². The second kappa shape index (κ2) is 7.74. The molecule has 7 heteroatoms. The fraction of sp³-hybridized carbons (Fsp3) is 0.167. The van der Waals surface area contributed by atoms with Gasteiger partial charge in [-0.1, -0.05) is 48.0 Å². The number of nitrogens with zero attached hydrogens (tertiary/aromatic N) is 3. The molecule has 0 atom stereocenters. The Balaban J connectivity index is 1.71. The van der Waals surface area contributed by atoms with Gasteiger partial charge in [0.15, 0.2) is 0 Å². The van der Waals surface area contributed by atoms with E-state index in [1.54, 1.807) is 23.5 Å². The summed E-state index contributed by atoms with van der Waals surface area (Å²) in [5.41, 5.74) is 2.67. The number of rotatable bonds is 6. The summed E-state index contributed by atoms with van der Waals surface area (Å²) in [6.45, 7) is 1.09. The normalized spacial score (nSPS) is 11.0. The van der Waals surface area contributed by atoms with E-state index in [9.17, 15) is 10.1 Å². The zero-order chi connectivity index (χ0) is 17.8. The monoisotopic (exact) mass is 373 g/mol. The molecule has 0 aliphatic carbocycles. The van der Waals surface area contributed by atoms with Crippen LogP contribution in [0.25, 0.3) is 10.6 Å². The smallest absolute Gasteiger partial charge is 0.273 e. The van der Waals surface area contributed by atoms with Gasteiger partial charge in [-0.3, -0.25) is 15.0 Å². The zero-order valence-electron chi connectivity index (χ0n) is 13.6. The van der Waals surface area contributed by atoms with Crippen LogP contribution in [0.2, 0.25) is 5.02 Å². The molecule has 5 nitrogen and oxygen atoms in total. The van der Waals surface area contributed by atoms with Crippen molar-refractivity contribution in [2.45, 2.75) is 13.1 Å². The van der Waals surface area contributed by atoms with E-state index < -0.39 is 0 Å². The Kier molecular flexibility index (Phi) is 5.43. The Bertz CT molecular complexity index is 897. The summed E-state index contributed by atoms with van der Waals surface area (Å²) in [4.78, 5) is 17.4. The summed E-state index contributed by atoms with van der Waals surface area (Å²) in [5, 5.41) is 14.7. The predicted molar refractivity (Wildman–Crippen MR) is 101 cm³/mol. The molecule has 0 unspecified atom stereocenters. The van der Waals surface area contributed by atoms with Crippen LogP contribution in [0.4, 0.5) is 5.69 Å². The molecule has 0 saturated heterocycles. The summed E-state index contributed by atoms with van der Waals surface area (Å²) in [6.07, 6.45) is 0. The third kappa shape index (κ3) is 4.22. The molecule has 0 amide bonds. The van der Waals surface area contributed by atoms with E-state index >= 15 is 0 Å². The number of halogens is 1. The van der Waals surface area contributed by atoms with Crippen molar-refractivity contribution in [3.8, 4) is 10.6 Å². The molecule has 0 aliphatic heterocycles. The van der Waals surface area contributed by atoms with Crippen LogP contribution in [-0.2, 0) is 13.1 Å². The van der Waals surface area contributed by atoms with Crippen molar-refractivity contribution in [3.05, 3.63) is 80.3 Å². The van der Waals surface area contributed by atoms with Crippen molar-refractivity contribution < 1.29 is 4.92 Å². The Hall–Kier alpha value is -2.28. The molecule has 2 aromatic carbocycles. The summed E-state index contributed by atoms with van der Waals surface area (Å²) in [7, 11) is 1.92. The molecule has 0 bridgehead atoms. The van der Waals surface area contributed by atoms with Crippen LogP contribution in [0.5, 0.6) is 0 Å². The maximum atomic E-state index is 11.1. The first-order valence-corrected chi connectivity index (χ1v) is 8.90. The number of nitro groups is 1. The first-order valence-electron chi connectivity index (χ1n) is 7.64. The summed E-state index contributed by atoms with van der Waals surface area (Å²) in [5.74, 6) is 0. The minimum atomic E-state index is -0.346. The standard InChI is InChI=1S/C18H16ClN3O2S/c1-21(10-13-6-2-5-9-17(13)22(23)24)11-14-12-25-18(20-14)15-7-3-4-8-16(15)19/h2-9,12H,10-11H2,1H3. The van der Waals surface area contributed by atoms with Crippen LogP contribution in [0.15, 0.2) is 53.9 Å². The minimum Gasteiger partial charge on any atom is -0.296 e. The summed E-state index contributed by atoms with van der Waals surface area (Å²) in [6, 6.07) is 14.4. The Morgan fingerprint density at radius 1 is 1.16 bits per heavy atom. The largest absolute Gasteiger partial charge is 0.296 e. The molecule has 0 spiro atoms. The van der Waals surface area contributed by atoms with E-state index in [4.69, 9.17) is 11.6 Å². The van der Waals surface area contributed by atoms with Crippen molar-refractivity contribution in [2.24, 2.45) is 0 Å². The lowest BCUT2D eigenvalue weighted by Crippen LogP contribution is -2.18. The second-order valence-electron chi connectivity index (χ2n) is 5.68. The van der Waals surface area contributed by atoms with Gasteiger partial charge in [-0.25, -0.2) is 4.98 Å². The molecule has 0 N–H and O–H groups in total. The molecule has 128 valence electrons. The zero-order valence-corrected chi connectivity index (χ0v) is 15.1. The number of aromatic nitrogens is 1. The Labute approximate surface area is 154 Å². The van der Waals surface area contributed by atoms with Gasteiger partial charge in [0.1, 0.15) is 5.01 Å². The third-order valence-electron chi connectivity index (χ3n) is 3.72. The average Bonchev–Trinajstić information content (AvgIpc) is 3.03. The van der Waals surface area contributed by atoms with E-state index in [-0.39, 0.29) is 10.6 Å². The number of thiazole rings is 1. The quantitative estimate of drug-likeness (QED) is 0.450. The van der Waals surface area contributed by atoms with E-state index in [2.05, 4.69) is 4.98 Å². The number of nitro benzene ring substituents is 1. The van der Waals surface area contributed by atoms with Crippen molar-refractivity contribution in [1.82, 2.24) is 9.88 Å². The second-order valence-corrected chi connectivity index (χ2v) is 6.95. The van der Waals surface area contributed by atoms with Gasteiger partial charge in [-0.05, 0) is 13.1 Å². The SMILES string of the molecule is CN(Cc1csc(-c2ccccc2Cl)n1)Cc1ccccc1[N+](=O)[O-]. The first-order chi connectivity index (χ1) is 12.0. The highest BCUT2D eigenvalue weighted by atomic mass is 35.5. The van der Waals surface area contributed by atoms with Gasteiger partial charge in [-0.2, -0.15) is 0 Å². The highest BCUT2D eigenvalue weighted by molar-refractivity contribution is 7.13. The Morgan fingerprint density at radius 2 is 1.88 bits per heavy atom. The molecule has 0 fully saturated rings. The number of para-hydroxylation sites is 1. The minimum absolute atomic E-state index is 0.143. The van der Waals surface area contributed by atoms with E-state index in [0.717, 1.165) is 16.3 Å². The van der Waals surface area contributed by atoms with Gasteiger partial charge in [0.05, 0.1) is 15.6 Å². The summed E-state index contributed by atoms with van der Waals surface area (Å²) >= 11 is 7.76. The van der Waals surface area contributed by atoms with Crippen LogP contribution in [0, 0.1) is 10.1 Å². The predicted octanol–water partition coefficient (Wildman–Crippen LogP) is 5.00. The van der Waals surface area contributed by atoms with E-state index in [0.29, 0.717) is 23.7 Å². The Morgan fingerprint density at radius 3 is 2.64 bits per heavy atom. The number of hydrogen-bond donors (Lipinski definition) is 0. The summed E-state index contributed by atoms with van der Waals surface area (Å²) < 4.78 is 0. The van der Waals surface area contributed by atoms with Gasteiger partial charge >= 0.3 is 0 Å². The molecule has 25 heavy (non-hydrogen) atoms. The van der Waals surface area contributed by atoms with Crippen molar-refractivity contribution >= 4 is 28.6 Å². The number of benzene rings is 2. The highest BCUT2D eigenvalue weighted by Gasteiger charge is 2.15. The molecule has 1 aromatic heterocycles. The third-order valence-corrected chi connectivity index (χ3v) is 4.97. The molecule has 0 saturated carbocycles. The number of hydrogen-bond acceptors (Lipinski definition) is 5. The van der Waals surface area contributed by atoms with Gasteiger partial charge in [-0.15, -0.1) is 11.3 Å². The fourth-order valence-corrected chi connectivity index (χ4v) is 3.71. The van der Waals surface area contributed by atoms with Gasteiger partial charge in [0, 0.05) is 35.7 Å². The molecular weight excluding hydrogens is 358 g/mol. The van der Waals surface area contributed by atoms with Crippen molar-refractivity contribution in [1.29, 1.82) is 0 Å². The van der Waals surface area contributed by atoms with Crippen LogP contribution >= 0.6 is 22.9 Å².